The number of ether oxygens (including phenoxy) is 1. The highest BCUT2D eigenvalue weighted by Gasteiger charge is 2.33. The van der Waals surface area contributed by atoms with E-state index in [2.05, 4.69) is 87.2 Å². The fourth-order valence-corrected chi connectivity index (χ4v) is 4.43. The van der Waals surface area contributed by atoms with E-state index in [1.54, 1.807) is 0 Å². The summed E-state index contributed by atoms with van der Waals surface area (Å²) in [5, 5.41) is 0. The van der Waals surface area contributed by atoms with E-state index in [1.165, 1.54) is 22.4 Å². The SMILES string of the molecule is C\C=C(OCC)/C(=C\C=C(/C)[C@@H]1C[C@H](c2ccc(N(C)C)cc2)N(CC=O)C1)C(C)CC. The molecule has 1 fully saturated rings. The topological polar surface area (TPSA) is 32.8 Å². The van der Waals surface area contributed by atoms with Crippen LogP contribution in [-0.2, 0) is 9.53 Å². The molecule has 32 heavy (non-hydrogen) atoms. The highest BCUT2D eigenvalue weighted by molar-refractivity contribution is 5.53. The number of benzene rings is 1. The zero-order valence-corrected chi connectivity index (χ0v) is 21.1. The van der Waals surface area contributed by atoms with Crippen molar-refractivity contribution in [2.75, 3.05) is 38.7 Å². The molecule has 1 saturated heterocycles. The summed E-state index contributed by atoms with van der Waals surface area (Å²) in [5.41, 5.74) is 5.10. The molecular weight excluding hydrogens is 396 g/mol. The van der Waals surface area contributed by atoms with Gasteiger partial charge in [-0.1, -0.05) is 43.7 Å². The fraction of sp³-hybridized carbons (Fsp3) is 0.536. The van der Waals surface area contributed by atoms with Crippen molar-refractivity contribution >= 4 is 12.0 Å². The third kappa shape index (κ3) is 6.59. The van der Waals surface area contributed by atoms with Crippen LogP contribution in [0.1, 0.15) is 59.1 Å². The van der Waals surface area contributed by atoms with Gasteiger partial charge in [0.15, 0.2) is 0 Å². The largest absolute Gasteiger partial charge is 0.494 e. The molecule has 1 aromatic carbocycles. The minimum absolute atomic E-state index is 0.275. The van der Waals surface area contributed by atoms with Gasteiger partial charge in [-0.05, 0) is 74.8 Å². The molecule has 0 saturated carbocycles. The summed E-state index contributed by atoms with van der Waals surface area (Å²) >= 11 is 0. The number of hydrogen-bond donors (Lipinski definition) is 0. The van der Waals surface area contributed by atoms with Crippen molar-refractivity contribution in [3.63, 3.8) is 0 Å². The molecule has 1 aliphatic rings. The van der Waals surface area contributed by atoms with E-state index in [9.17, 15) is 4.79 Å². The summed E-state index contributed by atoms with van der Waals surface area (Å²) in [6.07, 6.45) is 9.73. The van der Waals surface area contributed by atoms with Crippen LogP contribution < -0.4 is 4.90 Å². The van der Waals surface area contributed by atoms with Gasteiger partial charge in [-0.2, -0.15) is 0 Å². The number of aldehydes is 1. The van der Waals surface area contributed by atoms with Gasteiger partial charge in [0.2, 0.25) is 0 Å². The monoisotopic (exact) mass is 438 g/mol. The van der Waals surface area contributed by atoms with E-state index >= 15 is 0 Å². The van der Waals surface area contributed by atoms with Crippen LogP contribution in [0.3, 0.4) is 0 Å². The zero-order valence-electron chi connectivity index (χ0n) is 21.1. The average molecular weight is 439 g/mol. The zero-order chi connectivity index (χ0) is 23.7. The van der Waals surface area contributed by atoms with Gasteiger partial charge in [-0.3, -0.25) is 4.90 Å². The van der Waals surface area contributed by atoms with Crippen LogP contribution >= 0.6 is 0 Å². The Morgan fingerprint density at radius 2 is 1.91 bits per heavy atom. The highest BCUT2D eigenvalue weighted by Crippen LogP contribution is 2.38. The van der Waals surface area contributed by atoms with Crippen molar-refractivity contribution < 1.29 is 9.53 Å². The van der Waals surface area contributed by atoms with Gasteiger partial charge < -0.3 is 14.4 Å². The molecule has 0 aliphatic carbocycles. The lowest BCUT2D eigenvalue weighted by Crippen LogP contribution is -2.26. The van der Waals surface area contributed by atoms with Crippen LogP contribution in [0.5, 0.6) is 0 Å². The molecule has 0 bridgehead atoms. The number of nitrogens with zero attached hydrogens (tertiary/aromatic N) is 2. The Morgan fingerprint density at radius 1 is 1.22 bits per heavy atom. The maximum atomic E-state index is 11.4. The van der Waals surface area contributed by atoms with Crippen LogP contribution in [0, 0.1) is 11.8 Å². The molecule has 0 N–H and O–H groups in total. The third-order valence-corrected chi connectivity index (χ3v) is 6.67. The summed E-state index contributed by atoms with van der Waals surface area (Å²) in [7, 11) is 4.11. The van der Waals surface area contributed by atoms with Gasteiger partial charge >= 0.3 is 0 Å². The number of rotatable bonds is 11. The first-order chi connectivity index (χ1) is 15.4. The second-order valence-electron chi connectivity index (χ2n) is 8.98. The number of carbonyl (C=O) groups is 1. The Balaban J connectivity index is 2.26. The lowest BCUT2D eigenvalue weighted by atomic mass is 9.92. The van der Waals surface area contributed by atoms with E-state index in [0.717, 1.165) is 31.4 Å². The maximum absolute atomic E-state index is 11.4. The van der Waals surface area contributed by atoms with Gasteiger partial charge in [0, 0.05) is 32.4 Å². The molecular formula is C28H42N2O2. The predicted octanol–water partition coefficient (Wildman–Crippen LogP) is 6.17. The number of likely N-dealkylation sites (tertiary alicyclic amines) is 1. The third-order valence-electron chi connectivity index (χ3n) is 6.67. The minimum atomic E-state index is 0.275. The van der Waals surface area contributed by atoms with Crippen molar-refractivity contribution in [2.45, 2.75) is 53.5 Å². The summed E-state index contributed by atoms with van der Waals surface area (Å²) in [6.45, 7) is 12.8. The molecule has 4 heteroatoms. The number of allylic oxidation sites excluding steroid dienone is 4. The van der Waals surface area contributed by atoms with Gasteiger partial charge in [0.25, 0.3) is 0 Å². The Kier molecular flexibility index (Phi) is 10.2. The van der Waals surface area contributed by atoms with Gasteiger partial charge in [-0.15, -0.1) is 0 Å². The van der Waals surface area contributed by atoms with Crippen molar-refractivity contribution in [2.24, 2.45) is 11.8 Å². The minimum Gasteiger partial charge on any atom is -0.494 e. The van der Waals surface area contributed by atoms with E-state index in [1.807, 2.05) is 13.8 Å². The highest BCUT2D eigenvalue weighted by atomic mass is 16.5. The van der Waals surface area contributed by atoms with Crippen LogP contribution in [0.25, 0.3) is 0 Å². The molecule has 1 unspecified atom stereocenters. The van der Waals surface area contributed by atoms with Crippen molar-refractivity contribution in [3.05, 3.63) is 65.0 Å². The quantitative estimate of drug-likeness (QED) is 0.235. The van der Waals surface area contributed by atoms with Crippen molar-refractivity contribution in [1.29, 1.82) is 0 Å². The lowest BCUT2D eigenvalue weighted by molar-refractivity contribution is -0.109. The predicted molar refractivity (Wildman–Crippen MR) is 136 cm³/mol. The van der Waals surface area contributed by atoms with Crippen LogP contribution in [0.2, 0.25) is 0 Å². The Bertz CT molecular complexity index is 820. The smallest absolute Gasteiger partial charge is 0.134 e. The van der Waals surface area contributed by atoms with Gasteiger partial charge in [-0.25, -0.2) is 0 Å². The molecule has 1 aliphatic heterocycles. The van der Waals surface area contributed by atoms with E-state index < -0.39 is 0 Å². The summed E-state index contributed by atoms with van der Waals surface area (Å²) < 4.78 is 5.90. The Labute approximate surface area is 195 Å². The number of carbonyl (C=O) groups excluding carboxylic acids is 1. The molecule has 0 aromatic heterocycles. The summed E-state index contributed by atoms with van der Waals surface area (Å²) in [5.74, 6) is 1.86. The standard InChI is InChI=1S/C28H42N2O2/c1-8-21(4)26(28(9-2)32-10-3)16-11-22(5)24-19-27(30(20-24)17-18-31)23-12-14-25(15-13-23)29(6)7/h9,11-16,18,21,24,27H,8,10,17,19-20H2,1-7H3/b22-11+,26-16-,28-9+/t21?,24-,27-/m1/s1. The molecule has 4 nitrogen and oxygen atoms in total. The molecule has 176 valence electrons. The molecule has 1 heterocycles. The number of anilines is 1. The second-order valence-corrected chi connectivity index (χ2v) is 8.98. The van der Waals surface area contributed by atoms with E-state index in [0.29, 0.717) is 25.0 Å². The average Bonchev–Trinajstić information content (AvgIpc) is 3.22. The van der Waals surface area contributed by atoms with Crippen LogP contribution in [0.15, 0.2) is 59.4 Å². The van der Waals surface area contributed by atoms with Gasteiger partial charge in [0.05, 0.1) is 13.2 Å². The molecule has 0 radical (unpaired) electrons. The van der Waals surface area contributed by atoms with Gasteiger partial charge in [0.1, 0.15) is 12.0 Å². The lowest BCUT2D eigenvalue weighted by Gasteiger charge is -2.23. The molecule has 0 amide bonds. The molecule has 3 atom stereocenters. The van der Waals surface area contributed by atoms with Crippen LogP contribution in [-0.4, -0.2) is 45.0 Å². The van der Waals surface area contributed by atoms with E-state index in [4.69, 9.17) is 4.74 Å². The summed E-state index contributed by atoms with van der Waals surface area (Å²) in [4.78, 5) is 15.8. The first-order valence-electron chi connectivity index (χ1n) is 12.0. The normalized spacial score (nSPS) is 21.5. The second kappa shape index (κ2) is 12.6. The maximum Gasteiger partial charge on any atom is 0.134 e. The first kappa shape index (κ1) is 25.9. The fourth-order valence-electron chi connectivity index (χ4n) is 4.43. The van der Waals surface area contributed by atoms with Crippen molar-refractivity contribution in [3.8, 4) is 0 Å². The Hall–Kier alpha value is -2.33. The van der Waals surface area contributed by atoms with Crippen molar-refractivity contribution in [1.82, 2.24) is 4.90 Å². The molecule has 0 spiro atoms. The number of hydrogen-bond acceptors (Lipinski definition) is 4. The molecule has 2 rings (SSSR count). The molecule has 1 aromatic rings. The van der Waals surface area contributed by atoms with E-state index in [-0.39, 0.29) is 6.04 Å². The van der Waals surface area contributed by atoms with Crippen LogP contribution in [0.4, 0.5) is 5.69 Å². The Morgan fingerprint density at radius 3 is 2.44 bits per heavy atom. The summed E-state index contributed by atoms with van der Waals surface area (Å²) in [6, 6.07) is 9.02. The first-order valence-corrected chi connectivity index (χ1v) is 12.0.